The van der Waals surface area contributed by atoms with Crippen molar-refractivity contribution >= 4 is 0 Å². The average molecular weight is 257 g/mol. The highest BCUT2D eigenvalue weighted by molar-refractivity contribution is 5.48. The molecule has 100 valence electrons. The zero-order chi connectivity index (χ0) is 13.5. The van der Waals surface area contributed by atoms with Gasteiger partial charge in [-0.1, -0.05) is 17.7 Å². The second kappa shape index (κ2) is 4.38. The van der Waals surface area contributed by atoms with Crippen molar-refractivity contribution in [2.24, 2.45) is 0 Å². The molecular weight excluding hydrogens is 238 g/mol. The van der Waals surface area contributed by atoms with Crippen LogP contribution in [0.3, 0.4) is 0 Å². The van der Waals surface area contributed by atoms with Crippen LogP contribution in [-0.4, -0.2) is 23.6 Å². The molecule has 1 atom stereocenters. The lowest BCUT2D eigenvalue weighted by atomic mass is 9.83. The lowest BCUT2D eigenvalue weighted by Gasteiger charge is -2.35. The molecule has 0 spiro atoms. The van der Waals surface area contributed by atoms with Crippen LogP contribution in [0, 0.1) is 6.92 Å². The molecule has 0 saturated carbocycles. The minimum absolute atomic E-state index is 0.301. The Bertz CT molecular complexity index is 605. The molecule has 1 aromatic heterocycles. The summed E-state index contributed by atoms with van der Waals surface area (Å²) in [5, 5.41) is 3.59. The van der Waals surface area contributed by atoms with Gasteiger partial charge in [-0.05, 0) is 19.9 Å². The zero-order valence-corrected chi connectivity index (χ0v) is 11.6. The van der Waals surface area contributed by atoms with E-state index < -0.39 is 0 Å². The van der Waals surface area contributed by atoms with E-state index in [9.17, 15) is 0 Å². The molecule has 1 aromatic carbocycles. The summed E-state index contributed by atoms with van der Waals surface area (Å²) in [7, 11) is 1.71. The normalized spacial score (nSPS) is 22.1. The third-order valence-electron chi connectivity index (χ3n) is 3.94. The molecule has 19 heavy (non-hydrogen) atoms. The van der Waals surface area contributed by atoms with Gasteiger partial charge in [0, 0.05) is 24.2 Å². The van der Waals surface area contributed by atoms with Gasteiger partial charge in [0.15, 0.2) is 0 Å². The predicted molar refractivity (Wildman–Crippen MR) is 74.5 cm³/mol. The van der Waals surface area contributed by atoms with E-state index in [0.29, 0.717) is 0 Å². The van der Waals surface area contributed by atoms with Crippen LogP contribution >= 0.6 is 0 Å². The van der Waals surface area contributed by atoms with Crippen LogP contribution in [0.5, 0.6) is 5.75 Å². The van der Waals surface area contributed by atoms with E-state index in [1.54, 1.807) is 13.4 Å². The van der Waals surface area contributed by atoms with Crippen LogP contribution in [0.2, 0.25) is 0 Å². The highest BCUT2D eigenvalue weighted by atomic mass is 16.5. The first-order valence-electron chi connectivity index (χ1n) is 6.58. The van der Waals surface area contributed by atoms with E-state index in [4.69, 9.17) is 4.74 Å². The molecule has 2 N–H and O–H groups in total. The fourth-order valence-electron chi connectivity index (χ4n) is 2.90. The number of H-pyrrole nitrogens is 1. The smallest absolute Gasteiger partial charge is 0.124 e. The first kappa shape index (κ1) is 12.2. The third kappa shape index (κ3) is 1.83. The highest BCUT2D eigenvalue weighted by Gasteiger charge is 2.37. The number of aryl methyl sites for hydroxylation is 1. The SMILES string of the molecule is COc1ccc(C)cc1C1(C)NCCc2[nH]cnc21. The molecule has 0 radical (unpaired) electrons. The minimum Gasteiger partial charge on any atom is -0.496 e. The number of hydrogen-bond acceptors (Lipinski definition) is 3. The molecule has 2 aromatic rings. The van der Waals surface area contributed by atoms with Gasteiger partial charge in [0.05, 0.1) is 24.7 Å². The Morgan fingerprint density at radius 1 is 1.37 bits per heavy atom. The van der Waals surface area contributed by atoms with Gasteiger partial charge >= 0.3 is 0 Å². The number of aromatic nitrogens is 2. The van der Waals surface area contributed by atoms with E-state index in [-0.39, 0.29) is 5.54 Å². The largest absolute Gasteiger partial charge is 0.496 e. The molecule has 4 nitrogen and oxygen atoms in total. The number of ether oxygens (including phenoxy) is 1. The third-order valence-corrected chi connectivity index (χ3v) is 3.94. The number of hydrogen-bond donors (Lipinski definition) is 2. The summed E-state index contributed by atoms with van der Waals surface area (Å²) >= 11 is 0. The van der Waals surface area contributed by atoms with E-state index in [0.717, 1.165) is 30.0 Å². The molecule has 0 saturated heterocycles. The molecule has 3 rings (SSSR count). The summed E-state index contributed by atoms with van der Waals surface area (Å²) in [6, 6.07) is 6.27. The number of nitrogens with one attached hydrogen (secondary N) is 2. The summed E-state index contributed by atoms with van der Waals surface area (Å²) in [6.07, 6.45) is 2.76. The molecule has 0 amide bonds. The first-order chi connectivity index (χ1) is 9.15. The number of benzene rings is 1. The van der Waals surface area contributed by atoms with Crippen molar-refractivity contribution in [3.63, 3.8) is 0 Å². The molecule has 0 aliphatic carbocycles. The molecule has 1 unspecified atom stereocenters. The Balaban J connectivity index is 2.19. The first-order valence-corrected chi connectivity index (χ1v) is 6.58. The minimum atomic E-state index is -0.301. The highest BCUT2D eigenvalue weighted by Crippen LogP contribution is 2.38. The summed E-state index contributed by atoms with van der Waals surface area (Å²) in [5.41, 5.74) is 4.35. The van der Waals surface area contributed by atoms with Gasteiger partial charge in [0.2, 0.25) is 0 Å². The quantitative estimate of drug-likeness (QED) is 0.866. The molecule has 0 bridgehead atoms. The molecule has 0 fully saturated rings. The second-order valence-electron chi connectivity index (χ2n) is 5.24. The van der Waals surface area contributed by atoms with Crippen LogP contribution in [0.1, 0.15) is 29.4 Å². The molecule has 4 heteroatoms. The van der Waals surface area contributed by atoms with Gasteiger partial charge in [0.1, 0.15) is 5.75 Å². The van der Waals surface area contributed by atoms with Crippen molar-refractivity contribution in [1.82, 2.24) is 15.3 Å². The maximum atomic E-state index is 5.53. The Labute approximate surface area is 113 Å². The Morgan fingerprint density at radius 2 is 2.21 bits per heavy atom. The second-order valence-corrected chi connectivity index (χ2v) is 5.24. The number of imidazole rings is 1. The van der Waals surface area contributed by atoms with Crippen molar-refractivity contribution in [2.75, 3.05) is 13.7 Å². The lowest BCUT2D eigenvalue weighted by Crippen LogP contribution is -2.46. The summed E-state index contributed by atoms with van der Waals surface area (Å²) in [4.78, 5) is 7.76. The lowest BCUT2D eigenvalue weighted by molar-refractivity contribution is 0.361. The molecular formula is C15H19N3O. The number of nitrogens with zero attached hydrogens (tertiary/aromatic N) is 1. The summed E-state index contributed by atoms with van der Waals surface area (Å²) in [5.74, 6) is 0.899. The summed E-state index contributed by atoms with van der Waals surface area (Å²) < 4.78 is 5.53. The van der Waals surface area contributed by atoms with Gasteiger partial charge in [-0.3, -0.25) is 0 Å². The van der Waals surface area contributed by atoms with Crippen LogP contribution in [-0.2, 0) is 12.0 Å². The average Bonchev–Trinajstić information content (AvgIpc) is 2.89. The van der Waals surface area contributed by atoms with Crippen LogP contribution < -0.4 is 10.1 Å². The number of methoxy groups -OCH3 is 1. The van der Waals surface area contributed by atoms with Gasteiger partial charge < -0.3 is 15.0 Å². The fraction of sp³-hybridized carbons (Fsp3) is 0.400. The molecule has 1 aliphatic heterocycles. The number of fused-ring (bicyclic) bond motifs is 1. The van der Waals surface area contributed by atoms with Gasteiger partial charge in [-0.2, -0.15) is 0 Å². The predicted octanol–water partition coefficient (Wildman–Crippen LogP) is 2.14. The van der Waals surface area contributed by atoms with Crippen LogP contribution in [0.25, 0.3) is 0 Å². The van der Waals surface area contributed by atoms with Crippen molar-refractivity contribution in [3.8, 4) is 5.75 Å². The van der Waals surface area contributed by atoms with Gasteiger partial charge in [-0.15, -0.1) is 0 Å². The monoisotopic (exact) mass is 257 g/mol. The Morgan fingerprint density at radius 3 is 3.00 bits per heavy atom. The van der Waals surface area contributed by atoms with Gasteiger partial charge in [0.25, 0.3) is 0 Å². The molecule has 2 heterocycles. The van der Waals surface area contributed by atoms with Crippen LogP contribution in [0.15, 0.2) is 24.5 Å². The summed E-state index contributed by atoms with van der Waals surface area (Å²) in [6.45, 7) is 5.20. The maximum Gasteiger partial charge on any atom is 0.124 e. The number of rotatable bonds is 2. The number of aromatic amines is 1. The van der Waals surface area contributed by atoms with E-state index in [1.165, 1.54) is 11.3 Å². The van der Waals surface area contributed by atoms with E-state index in [1.807, 2.05) is 6.07 Å². The van der Waals surface area contributed by atoms with Crippen molar-refractivity contribution < 1.29 is 4.74 Å². The topological polar surface area (TPSA) is 49.9 Å². The van der Waals surface area contributed by atoms with E-state index in [2.05, 4.69) is 41.3 Å². The zero-order valence-electron chi connectivity index (χ0n) is 11.6. The van der Waals surface area contributed by atoms with Crippen molar-refractivity contribution in [1.29, 1.82) is 0 Å². The Hall–Kier alpha value is -1.81. The fourth-order valence-corrected chi connectivity index (χ4v) is 2.90. The van der Waals surface area contributed by atoms with Crippen molar-refractivity contribution in [3.05, 3.63) is 47.0 Å². The standard InChI is InChI=1S/C15H19N3O/c1-10-4-5-13(19-3)11(8-10)15(2)14-12(6-7-18-15)16-9-17-14/h4-5,8-9,18H,6-7H2,1-3H3,(H,16,17). The van der Waals surface area contributed by atoms with Crippen molar-refractivity contribution in [2.45, 2.75) is 25.8 Å². The van der Waals surface area contributed by atoms with Gasteiger partial charge in [-0.25, -0.2) is 4.98 Å². The molecule has 1 aliphatic rings. The van der Waals surface area contributed by atoms with Crippen LogP contribution in [0.4, 0.5) is 0 Å². The van der Waals surface area contributed by atoms with E-state index >= 15 is 0 Å². The maximum absolute atomic E-state index is 5.53. The Kier molecular flexibility index (Phi) is 2.82.